The number of nitrogens with one attached hydrogen (secondary N) is 1. The molecule has 1 aliphatic rings. The van der Waals surface area contributed by atoms with Gasteiger partial charge in [-0.15, -0.1) is 0 Å². The number of carbonyl (C=O) groups is 2. The smallest absolute Gasteiger partial charge is 0.414 e. The van der Waals surface area contributed by atoms with Gasteiger partial charge in [0.15, 0.2) is 11.2 Å². The number of amides is 2. The summed E-state index contributed by atoms with van der Waals surface area (Å²) in [6, 6.07) is 14.6. The van der Waals surface area contributed by atoms with E-state index in [1.807, 2.05) is 0 Å². The van der Waals surface area contributed by atoms with E-state index in [9.17, 15) is 14.4 Å². The van der Waals surface area contributed by atoms with Crippen LogP contribution in [0.4, 0.5) is 10.5 Å². The third-order valence-electron chi connectivity index (χ3n) is 4.36. The van der Waals surface area contributed by atoms with Crippen LogP contribution in [0.25, 0.3) is 11.0 Å². The van der Waals surface area contributed by atoms with Crippen LogP contribution in [-0.2, 0) is 4.74 Å². The van der Waals surface area contributed by atoms with E-state index in [0.717, 1.165) is 6.07 Å². The summed E-state index contributed by atoms with van der Waals surface area (Å²) in [7, 11) is 0. The summed E-state index contributed by atoms with van der Waals surface area (Å²) < 4.78 is 10.8. The Morgan fingerprint density at radius 2 is 1.89 bits per heavy atom. The molecule has 1 atom stereocenters. The molecule has 142 valence electrons. The molecule has 1 aliphatic heterocycles. The van der Waals surface area contributed by atoms with Gasteiger partial charge in [-0.1, -0.05) is 23.7 Å². The van der Waals surface area contributed by atoms with Crippen molar-refractivity contribution in [1.29, 1.82) is 0 Å². The molecule has 1 fully saturated rings. The minimum absolute atomic E-state index is 0.0885. The largest absolute Gasteiger partial charge is 0.451 e. The van der Waals surface area contributed by atoms with Crippen LogP contribution in [0.15, 0.2) is 63.8 Å². The molecule has 4 rings (SSSR count). The Balaban J connectivity index is 1.42. The Morgan fingerprint density at radius 3 is 2.68 bits per heavy atom. The third-order valence-corrected chi connectivity index (χ3v) is 4.61. The summed E-state index contributed by atoms with van der Waals surface area (Å²) in [5.74, 6) is -0.647. The van der Waals surface area contributed by atoms with Crippen LogP contribution < -0.4 is 15.6 Å². The van der Waals surface area contributed by atoms with Crippen molar-refractivity contribution in [2.24, 2.45) is 0 Å². The molecule has 8 heteroatoms. The molecule has 0 radical (unpaired) electrons. The number of rotatable bonds is 4. The number of benzene rings is 2. The normalized spacial score (nSPS) is 16.2. The molecule has 28 heavy (non-hydrogen) atoms. The Hall–Kier alpha value is -3.32. The van der Waals surface area contributed by atoms with Gasteiger partial charge in [-0.3, -0.25) is 14.5 Å². The van der Waals surface area contributed by atoms with Gasteiger partial charge >= 0.3 is 6.09 Å². The number of anilines is 1. The van der Waals surface area contributed by atoms with E-state index < -0.39 is 18.1 Å². The van der Waals surface area contributed by atoms with E-state index in [1.54, 1.807) is 48.5 Å². The van der Waals surface area contributed by atoms with E-state index in [4.69, 9.17) is 20.8 Å². The van der Waals surface area contributed by atoms with Crippen molar-refractivity contribution >= 4 is 40.3 Å². The standard InChI is InChI=1S/C20H15ClN2O5/c21-12-5-7-13(8-6-12)23-11-14(27-20(23)26)10-22-19(25)18-9-16(24)15-3-1-2-4-17(15)28-18/h1-9,14H,10-11H2,(H,22,25)/t14-/m1/s1. The van der Waals surface area contributed by atoms with Gasteiger partial charge in [-0.05, 0) is 36.4 Å². The quantitative estimate of drug-likeness (QED) is 0.729. The Labute approximate surface area is 164 Å². The molecule has 2 aromatic carbocycles. The predicted molar refractivity (Wildman–Crippen MR) is 104 cm³/mol. The van der Waals surface area contributed by atoms with Gasteiger partial charge in [0.1, 0.15) is 11.7 Å². The van der Waals surface area contributed by atoms with E-state index >= 15 is 0 Å². The minimum atomic E-state index is -0.552. The fourth-order valence-corrected chi connectivity index (χ4v) is 3.10. The molecule has 0 bridgehead atoms. The number of ether oxygens (including phenoxy) is 1. The van der Waals surface area contributed by atoms with Crippen LogP contribution in [-0.4, -0.2) is 31.2 Å². The van der Waals surface area contributed by atoms with Crippen molar-refractivity contribution in [1.82, 2.24) is 5.32 Å². The first-order chi connectivity index (χ1) is 13.5. The van der Waals surface area contributed by atoms with Crippen molar-refractivity contribution in [2.75, 3.05) is 18.0 Å². The van der Waals surface area contributed by atoms with Crippen molar-refractivity contribution in [2.45, 2.75) is 6.10 Å². The highest BCUT2D eigenvalue weighted by Gasteiger charge is 2.32. The highest BCUT2D eigenvalue weighted by atomic mass is 35.5. The molecule has 1 aromatic heterocycles. The molecule has 0 unspecified atom stereocenters. The summed E-state index contributed by atoms with van der Waals surface area (Å²) in [4.78, 5) is 38.0. The number of fused-ring (bicyclic) bond motifs is 1. The second-order valence-corrected chi connectivity index (χ2v) is 6.71. The second-order valence-electron chi connectivity index (χ2n) is 6.27. The zero-order valence-corrected chi connectivity index (χ0v) is 15.3. The number of hydrogen-bond acceptors (Lipinski definition) is 5. The molecule has 0 saturated carbocycles. The molecule has 2 heterocycles. The molecule has 3 aromatic rings. The Bertz CT molecular complexity index is 1110. The number of para-hydroxylation sites is 1. The van der Waals surface area contributed by atoms with Crippen LogP contribution in [0, 0.1) is 0 Å². The number of cyclic esters (lactones) is 1. The molecule has 1 saturated heterocycles. The van der Waals surface area contributed by atoms with Crippen LogP contribution >= 0.6 is 11.6 Å². The maximum atomic E-state index is 12.4. The first-order valence-corrected chi connectivity index (χ1v) is 8.94. The van der Waals surface area contributed by atoms with E-state index in [0.29, 0.717) is 21.7 Å². The van der Waals surface area contributed by atoms with Gasteiger partial charge < -0.3 is 14.5 Å². The van der Waals surface area contributed by atoms with Gasteiger partial charge in [-0.2, -0.15) is 0 Å². The molecule has 0 aliphatic carbocycles. The summed E-state index contributed by atoms with van der Waals surface area (Å²) in [5.41, 5.74) is 0.693. The van der Waals surface area contributed by atoms with E-state index in [1.165, 1.54) is 4.90 Å². The number of nitrogens with zero attached hydrogens (tertiary/aromatic N) is 1. The van der Waals surface area contributed by atoms with E-state index in [2.05, 4.69) is 5.32 Å². The summed E-state index contributed by atoms with van der Waals surface area (Å²) >= 11 is 5.86. The lowest BCUT2D eigenvalue weighted by Crippen LogP contribution is -2.35. The van der Waals surface area contributed by atoms with Crippen molar-refractivity contribution in [3.05, 3.63) is 75.6 Å². The van der Waals surface area contributed by atoms with Crippen molar-refractivity contribution < 1.29 is 18.7 Å². The zero-order chi connectivity index (χ0) is 19.7. The third kappa shape index (κ3) is 3.57. The number of carbonyl (C=O) groups excluding carboxylic acids is 2. The average Bonchev–Trinajstić information content (AvgIpc) is 3.07. The average molecular weight is 399 g/mol. The topological polar surface area (TPSA) is 88.9 Å². The molecule has 7 nitrogen and oxygen atoms in total. The monoisotopic (exact) mass is 398 g/mol. The molecular formula is C20H15ClN2O5. The minimum Gasteiger partial charge on any atom is -0.451 e. The van der Waals surface area contributed by atoms with Crippen LogP contribution in [0.3, 0.4) is 0 Å². The SMILES string of the molecule is O=C(NC[C@@H]1CN(c2ccc(Cl)cc2)C(=O)O1)c1cc(=O)c2ccccc2o1. The van der Waals surface area contributed by atoms with Crippen LogP contribution in [0.2, 0.25) is 5.02 Å². The lowest BCUT2D eigenvalue weighted by Gasteiger charge is -2.13. The summed E-state index contributed by atoms with van der Waals surface area (Å²) in [6.07, 6.45) is -1.03. The molecule has 1 N–H and O–H groups in total. The first kappa shape index (κ1) is 18.1. The number of hydrogen-bond donors (Lipinski definition) is 1. The summed E-state index contributed by atoms with van der Waals surface area (Å²) in [5, 5.41) is 3.61. The van der Waals surface area contributed by atoms with Gasteiger partial charge in [0.2, 0.25) is 0 Å². The van der Waals surface area contributed by atoms with Crippen molar-refractivity contribution in [3.8, 4) is 0 Å². The highest BCUT2D eigenvalue weighted by molar-refractivity contribution is 6.30. The van der Waals surface area contributed by atoms with Gasteiger partial charge in [-0.25, -0.2) is 4.79 Å². The fourth-order valence-electron chi connectivity index (χ4n) is 2.97. The Kier molecular flexibility index (Phi) is 4.75. The Morgan fingerprint density at radius 1 is 1.14 bits per heavy atom. The maximum absolute atomic E-state index is 12.4. The molecule has 0 spiro atoms. The second kappa shape index (κ2) is 7.36. The molecular weight excluding hydrogens is 384 g/mol. The van der Waals surface area contributed by atoms with Gasteiger partial charge in [0.05, 0.1) is 18.5 Å². The van der Waals surface area contributed by atoms with Crippen LogP contribution in [0.5, 0.6) is 0 Å². The fraction of sp³-hybridized carbons (Fsp3) is 0.150. The van der Waals surface area contributed by atoms with Gasteiger partial charge in [0, 0.05) is 16.8 Å². The zero-order valence-electron chi connectivity index (χ0n) is 14.6. The molecule has 2 amide bonds. The maximum Gasteiger partial charge on any atom is 0.414 e. The first-order valence-electron chi connectivity index (χ1n) is 8.56. The predicted octanol–water partition coefficient (Wildman–Crippen LogP) is 3.20. The highest BCUT2D eigenvalue weighted by Crippen LogP contribution is 2.23. The van der Waals surface area contributed by atoms with Crippen molar-refractivity contribution in [3.63, 3.8) is 0 Å². The number of halogens is 1. The summed E-state index contributed by atoms with van der Waals surface area (Å²) in [6.45, 7) is 0.369. The van der Waals surface area contributed by atoms with Crippen LogP contribution in [0.1, 0.15) is 10.6 Å². The lowest BCUT2D eigenvalue weighted by atomic mass is 10.2. The van der Waals surface area contributed by atoms with Gasteiger partial charge in [0.25, 0.3) is 5.91 Å². The lowest BCUT2D eigenvalue weighted by molar-refractivity contribution is 0.0890. The van der Waals surface area contributed by atoms with E-state index in [-0.39, 0.29) is 24.3 Å².